The van der Waals surface area contributed by atoms with Crippen molar-refractivity contribution in [1.82, 2.24) is 14.8 Å². The number of aromatic nitrogens is 1. The van der Waals surface area contributed by atoms with Gasteiger partial charge >= 0.3 is 0 Å². The van der Waals surface area contributed by atoms with Crippen LogP contribution >= 0.6 is 0 Å². The van der Waals surface area contributed by atoms with E-state index in [0.29, 0.717) is 24.4 Å². The molecule has 2 N–H and O–H groups in total. The van der Waals surface area contributed by atoms with Crippen molar-refractivity contribution < 1.29 is 19.4 Å². The minimum Gasteiger partial charge on any atom is -0.507 e. The molecule has 0 saturated carbocycles. The monoisotopic (exact) mass is 485 g/mol. The SMILES string of the molecule is CN1CCN(C(=O)C[C@@H](c2ccncc2)c2c(O)cc(O)c3c(=O)cc(-c4ccccc4)oc23)CC1. The number of phenols is 2. The van der Waals surface area contributed by atoms with Crippen LogP contribution in [0, 0.1) is 0 Å². The zero-order chi connectivity index (χ0) is 25.2. The van der Waals surface area contributed by atoms with Gasteiger partial charge in [-0.2, -0.15) is 0 Å². The third-order valence-corrected chi connectivity index (χ3v) is 6.75. The number of aromatic hydroxyl groups is 2. The Hall–Kier alpha value is -4.17. The molecule has 1 atom stereocenters. The summed E-state index contributed by atoms with van der Waals surface area (Å²) >= 11 is 0. The van der Waals surface area contributed by atoms with E-state index in [1.165, 1.54) is 6.07 Å². The number of phenolic OH excluding ortho intramolecular Hbond substituents is 2. The molecule has 1 saturated heterocycles. The van der Waals surface area contributed by atoms with Gasteiger partial charge in [-0.25, -0.2) is 0 Å². The Labute approximate surface area is 208 Å². The van der Waals surface area contributed by atoms with Gasteiger partial charge in [-0.1, -0.05) is 30.3 Å². The van der Waals surface area contributed by atoms with E-state index in [2.05, 4.69) is 9.88 Å². The van der Waals surface area contributed by atoms with Gasteiger partial charge in [0.1, 0.15) is 28.2 Å². The molecule has 36 heavy (non-hydrogen) atoms. The van der Waals surface area contributed by atoms with Crippen LogP contribution in [0.3, 0.4) is 0 Å². The Balaban J connectivity index is 1.68. The summed E-state index contributed by atoms with van der Waals surface area (Å²) in [6, 6.07) is 15.2. The molecule has 184 valence electrons. The van der Waals surface area contributed by atoms with Gasteiger partial charge in [0.2, 0.25) is 5.91 Å². The van der Waals surface area contributed by atoms with Gasteiger partial charge in [0.05, 0.1) is 0 Å². The lowest BCUT2D eigenvalue weighted by atomic mass is 9.86. The molecule has 3 heterocycles. The molecule has 1 aliphatic heterocycles. The molecule has 1 aliphatic rings. The first-order chi connectivity index (χ1) is 17.4. The highest BCUT2D eigenvalue weighted by Gasteiger charge is 2.30. The van der Waals surface area contributed by atoms with Crippen LogP contribution in [-0.4, -0.2) is 64.1 Å². The maximum absolute atomic E-state index is 13.4. The fourth-order valence-corrected chi connectivity index (χ4v) is 4.74. The first-order valence-electron chi connectivity index (χ1n) is 11.9. The lowest BCUT2D eigenvalue weighted by molar-refractivity contribution is -0.133. The Kier molecular flexibility index (Phi) is 6.43. The van der Waals surface area contributed by atoms with Crippen LogP contribution in [0.15, 0.2) is 76.2 Å². The van der Waals surface area contributed by atoms with Crippen LogP contribution in [-0.2, 0) is 4.79 Å². The van der Waals surface area contributed by atoms with E-state index in [0.717, 1.165) is 24.7 Å². The van der Waals surface area contributed by atoms with Gasteiger partial charge in [0.25, 0.3) is 0 Å². The van der Waals surface area contributed by atoms with Crippen LogP contribution in [0.2, 0.25) is 0 Å². The average molecular weight is 486 g/mol. The highest BCUT2D eigenvalue weighted by atomic mass is 16.3. The van der Waals surface area contributed by atoms with Crippen LogP contribution < -0.4 is 5.43 Å². The molecule has 4 aromatic rings. The van der Waals surface area contributed by atoms with E-state index in [4.69, 9.17) is 4.42 Å². The van der Waals surface area contributed by atoms with Crippen molar-refractivity contribution in [3.63, 3.8) is 0 Å². The van der Waals surface area contributed by atoms with Crippen molar-refractivity contribution in [1.29, 1.82) is 0 Å². The van der Waals surface area contributed by atoms with E-state index in [1.54, 1.807) is 24.5 Å². The predicted octanol–water partition coefficient (Wildman–Crippen LogP) is 3.56. The molecular formula is C28H27N3O5. The zero-order valence-corrected chi connectivity index (χ0v) is 19.9. The summed E-state index contributed by atoms with van der Waals surface area (Å²) in [5.74, 6) is -1.01. The normalized spacial score (nSPS) is 15.2. The molecule has 5 rings (SSSR count). The Morgan fingerprint density at radius 3 is 2.39 bits per heavy atom. The summed E-state index contributed by atoms with van der Waals surface area (Å²) < 4.78 is 6.20. The van der Waals surface area contributed by atoms with Crippen LogP contribution in [0.4, 0.5) is 0 Å². The van der Waals surface area contributed by atoms with Crippen LogP contribution in [0.5, 0.6) is 11.5 Å². The summed E-state index contributed by atoms with van der Waals surface area (Å²) in [5, 5.41) is 21.6. The summed E-state index contributed by atoms with van der Waals surface area (Å²) in [6.45, 7) is 2.81. The lowest BCUT2D eigenvalue weighted by Gasteiger charge is -2.33. The number of carbonyl (C=O) groups is 1. The summed E-state index contributed by atoms with van der Waals surface area (Å²) in [6.07, 6.45) is 3.29. The number of hydrogen-bond acceptors (Lipinski definition) is 7. The number of likely N-dealkylation sites (N-methyl/N-ethyl adjacent to an activating group) is 1. The van der Waals surface area contributed by atoms with Crippen molar-refractivity contribution >= 4 is 16.9 Å². The number of rotatable bonds is 5. The number of piperazine rings is 1. The molecule has 8 nitrogen and oxygen atoms in total. The Morgan fingerprint density at radius 2 is 1.69 bits per heavy atom. The lowest BCUT2D eigenvalue weighted by Crippen LogP contribution is -2.47. The molecule has 2 aromatic heterocycles. The smallest absolute Gasteiger partial charge is 0.223 e. The minimum atomic E-state index is -0.627. The second-order valence-corrected chi connectivity index (χ2v) is 9.09. The molecule has 1 fully saturated rings. The molecule has 0 bridgehead atoms. The first-order valence-corrected chi connectivity index (χ1v) is 11.9. The van der Waals surface area contributed by atoms with Crippen molar-refractivity contribution in [2.45, 2.75) is 12.3 Å². The number of hydrogen-bond donors (Lipinski definition) is 2. The number of pyridine rings is 1. The van der Waals surface area contributed by atoms with Crippen molar-refractivity contribution in [2.75, 3.05) is 33.2 Å². The maximum atomic E-state index is 13.4. The van der Waals surface area contributed by atoms with E-state index >= 15 is 0 Å². The van der Waals surface area contributed by atoms with Crippen molar-refractivity contribution in [3.8, 4) is 22.8 Å². The van der Waals surface area contributed by atoms with Crippen LogP contribution in [0.1, 0.15) is 23.5 Å². The third kappa shape index (κ3) is 4.55. The Bertz CT molecular complexity index is 1450. The summed E-state index contributed by atoms with van der Waals surface area (Å²) in [5.41, 5.74) is 1.33. The molecule has 2 aromatic carbocycles. The molecule has 0 unspecified atom stereocenters. The van der Waals surface area contributed by atoms with Gasteiger partial charge in [-0.3, -0.25) is 14.6 Å². The Morgan fingerprint density at radius 1 is 1.00 bits per heavy atom. The average Bonchev–Trinajstić information content (AvgIpc) is 2.89. The predicted molar refractivity (Wildman–Crippen MR) is 136 cm³/mol. The van der Waals surface area contributed by atoms with Crippen molar-refractivity contribution in [2.24, 2.45) is 0 Å². The first kappa shape index (κ1) is 23.6. The zero-order valence-electron chi connectivity index (χ0n) is 19.9. The van der Waals surface area contributed by atoms with Gasteiger partial charge in [-0.15, -0.1) is 0 Å². The number of carbonyl (C=O) groups excluding carboxylic acids is 1. The molecular weight excluding hydrogens is 458 g/mol. The maximum Gasteiger partial charge on any atom is 0.223 e. The summed E-state index contributed by atoms with van der Waals surface area (Å²) in [7, 11) is 2.02. The van der Waals surface area contributed by atoms with E-state index in [9.17, 15) is 19.8 Å². The van der Waals surface area contributed by atoms with Gasteiger partial charge < -0.3 is 24.4 Å². The number of fused-ring (bicyclic) bond motifs is 1. The van der Waals surface area contributed by atoms with E-state index < -0.39 is 11.3 Å². The number of nitrogens with zero attached hydrogens (tertiary/aromatic N) is 3. The fourth-order valence-electron chi connectivity index (χ4n) is 4.74. The number of benzene rings is 2. The molecule has 1 amide bonds. The minimum absolute atomic E-state index is 0.0337. The van der Waals surface area contributed by atoms with Gasteiger partial charge in [0.15, 0.2) is 5.43 Å². The fraction of sp³-hybridized carbons (Fsp3) is 0.250. The second-order valence-electron chi connectivity index (χ2n) is 9.09. The summed E-state index contributed by atoms with van der Waals surface area (Å²) in [4.78, 5) is 34.6. The quantitative estimate of drug-likeness (QED) is 0.445. The number of amides is 1. The van der Waals surface area contributed by atoms with Crippen LogP contribution in [0.25, 0.3) is 22.3 Å². The standard InChI is InChI=1S/C28H27N3O5/c1-30-11-13-31(14-12-30)25(35)15-20(18-7-9-29-10-8-18)26-21(32)16-22(33)27-23(34)17-24(36-28(26)27)19-5-3-2-4-6-19/h2-10,16-17,20,32-33H,11-15H2,1H3/t20-/m0/s1. The highest BCUT2D eigenvalue weighted by molar-refractivity contribution is 5.91. The van der Waals surface area contributed by atoms with E-state index in [1.807, 2.05) is 42.3 Å². The van der Waals surface area contributed by atoms with Gasteiger partial charge in [-0.05, 0) is 24.7 Å². The van der Waals surface area contributed by atoms with Crippen molar-refractivity contribution in [3.05, 3.63) is 88.3 Å². The molecule has 0 aliphatic carbocycles. The highest BCUT2D eigenvalue weighted by Crippen LogP contribution is 2.43. The topological polar surface area (TPSA) is 107 Å². The third-order valence-electron chi connectivity index (χ3n) is 6.75. The largest absolute Gasteiger partial charge is 0.507 e. The van der Waals surface area contributed by atoms with Gasteiger partial charge in [0, 0.05) is 74.2 Å². The van der Waals surface area contributed by atoms with E-state index in [-0.39, 0.29) is 40.4 Å². The molecule has 0 spiro atoms. The second kappa shape index (κ2) is 9.83. The molecule has 8 heteroatoms. The molecule has 0 radical (unpaired) electrons.